The first-order chi connectivity index (χ1) is 11.2. The molecule has 2 aromatic rings. The number of hydrogen-bond acceptors (Lipinski definition) is 4. The molecule has 3 N–H and O–H groups in total. The number of halogens is 4. The summed E-state index contributed by atoms with van der Waals surface area (Å²) < 4.78 is 39.5. The third-order valence-corrected chi connectivity index (χ3v) is 3.14. The van der Waals surface area contributed by atoms with Gasteiger partial charge in [0, 0.05) is 5.02 Å². The van der Waals surface area contributed by atoms with E-state index in [1.807, 2.05) is 0 Å². The lowest BCUT2D eigenvalue weighted by atomic mass is 10.1. The topological polar surface area (TPSA) is 81.9 Å². The summed E-state index contributed by atoms with van der Waals surface area (Å²) in [4.78, 5) is 11.8. The highest BCUT2D eigenvalue weighted by molar-refractivity contribution is 6.31. The molecule has 0 heterocycles. The molecule has 0 saturated heterocycles. The van der Waals surface area contributed by atoms with E-state index in [2.05, 4.69) is 5.10 Å². The molecule has 0 saturated carbocycles. The molecule has 0 aliphatic rings. The molecular weight excluding hydrogens is 349 g/mol. The number of carbonyl (C=O) groups is 1. The van der Waals surface area contributed by atoms with Crippen molar-refractivity contribution in [2.24, 2.45) is 5.10 Å². The zero-order valence-electron chi connectivity index (χ0n) is 11.8. The van der Waals surface area contributed by atoms with Crippen LogP contribution in [-0.2, 0) is 0 Å². The lowest BCUT2D eigenvalue weighted by molar-refractivity contribution is -0.0584. The highest BCUT2D eigenvalue weighted by Gasteiger charge is 2.39. The number of phenols is 2. The average Bonchev–Trinajstić information content (AvgIpc) is 2.49. The molecule has 2 rings (SSSR count). The summed E-state index contributed by atoms with van der Waals surface area (Å²) in [5.41, 5.74) is -0.769. The minimum atomic E-state index is -4.96. The summed E-state index contributed by atoms with van der Waals surface area (Å²) in [6.45, 7) is 0. The van der Waals surface area contributed by atoms with Crippen LogP contribution in [0.1, 0.15) is 15.9 Å². The van der Waals surface area contributed by atoms with Gasteiger partial charge in [0.1, 0.15) is 11.5 Å². The van der Waals surface area contributed by atoms with E-state index in [1.165, 1.54) is 30.3 Å². The Labute approximate surface area is 139 Å². The van der Waals surface area contributed by atoms with Crippen LogP contribution in [0.15, 0.2) is 47.6 Å². The Bertz CT molecular complexity index is 807. The van der Waals surface area contributed by atoms with Gasteiger partial charge in [0.25, 0.3) is 5.91 Å². The maximum Gasteiger partial charge on any atom is 0.435 e. The van der Waals surface area contributed by atoms with Gasteiger partial charge in [-0.2, -0.15) is 18.3 Å². The van der Waals surface area contributed by atoms with E-state index >= 15 is 0 Å². The van der Waals surface area contributed by atoms with E-state index < -0.39 is 34.9 Å². The number of amides is 1. The second kappa shape index (κ2) is 6.79. The van der Waals surface area contributed by atoms with E-state index in [-0.39, 0.29) is 10.6 Å². The molecule has 0 aliphatic carbocycles. The van der Waals surface area contributed by atoms with E-state index in [1.54, 1.807) is 5.43 Å². The largest absolute Gasteiger partial charge is 0.507 e. The molecule has 0 atom stereocenters. The Hall–Kier alpha value is -2.74. The summed E-state index contributed by atoms with van der Waals surface area (Å²) in [5.74, 6) is -2.16. The molecule has 0 unspecified atom stereocenters. The van der Waals surface area contributed by atoms with E-state index in [4.69, 9.17) is 11.6 Å². The monoisotopic (exact) mass is 358 g/mol. The summed E-state index contributed by atoms with van der Waals surface area (Å²) in [5, 5.41) is 22.1. The maximum atomic E-state index is 13.2. The molecule has 24 heavy (non-hydrogen) atoms. The molecule has 9 heteroatoms. The van der Waals surface area contributed by atoms with Crippen molar-refractivity contribution >= 4 is 23.2 Å². The van der Waals surface area contributed by atoms with Gasteiger partial charge in [-0.1, -0.05) is 23.7 Å². The summed E-state index contributed by atoms with van der Waals surface area (Å²) in [6, 6.07) is 8.33. The number of benzene rings is 2. The van der Waals surface area contributed by atoms with Crippen molar-refractivity contribution in [3.8, 4) is 11.5 Å². The molecule has 126 valence electrons. The van der Waals surface area contributed by atoms with Gasteiger partial charge in [-0.15, -0.1) is 0 Å². The number of carbonyl (C=O) groups excluding carboxylic acids is 1. The zero-order valence-corrected chi connectivity index (χ0v) is 12.6. The van der Waals surface area contributed by atoms with Crippen LogP contribution in [0.4, 0.5) is 13.2 Å². The minimum Gasteiger partial charge on any atom is -0.507 e. The van der Waals surface area contributed by atoms with Gasteiger partial charge in [-0.25, -0.2) is 5.43 Å². The number of alkyl halides is 3. The second-order valence-electron chi connectivity index (χ2n) is 4.58. The minimum absolute atomic E-state index is 0.0493. The van der Waals surface area contributed by atoms with Crippen LogP contribution < -0.4 is 5.43 Å². The number of para-hydroxylation sites is 1. The Morgan fingerprint density at radius 2 is 1.67 bits per heavy atom. The fourth-order valence-corrected chi connectivity index (χ4v) is 1.98. The molecule has 0 radical (unpaired) electrons. The van der Waals surface area contributed by atoms with Crippen molar-refractivity contribution in [1.29, 1.82) is 0 Å². The van der Waals surface area contributed by atoms with Crippen molar-refractivity contribution < 1.29 is 28.2 Å². The molecule has 2 aromatic carbocycles. The molecule has 0 bridgehead atoms. The molecule has 0 aliphatic heterocycles. The Morgan fingerprint density at radius 1 is 1.04 bits per heavy atom. The summed E-state index contributed by atoms with van der Waals surface area (Å²) in [6.07, 6.45) is -4.96. The number of phenolic OH excluding ortho intramolecular Hbond substituents is 2. The van der Waals surface area contributed by atoms with Gasteiger partial charge in [0.15, 0.2) is 5.71 Å². The SMILES string of the molecule is O=C(N/N=C(/c1cc(Cl)ccc1O)C(F)(F)F)c1ccccc1O. The quantitative estimate of drug-likeness (QED) is 0.580. The number of hydrazone groups is 1. The third kappa shape index (κ3) is 3.96. The zero-order chi connectivity index (χ0) is 17.9. The van der Waals surface area contributed by atoms with E-state index in [0.29, 0.717) is 0 Å². The number of nitrogens with zero attached hydrogens (tertiary/aromatic N) is 1. The van der Waals surface area contributed by atoms with Crippen LogP contribution in [0.5, 0.6) is 11.5 Å². The number of rotatable bonds is 3. The first-order valence-electron chi connectivity index (χ1n) is 6.42. The predicted octanol–water partition coefficient (Wildman–Crippen LogP) is 3.45. The number of hydrogen-bond donors (Lipinski definition) is 3. The normalized spacial score (nSPS) is 12.1. The second-order valence-corrected chi connectivity index (χ2v) is 5.01. The predicted molar refractivity (Wildman–Crippen MR) is 81.3 cm³/mol. The maximum absolute atomic E-state index is 13.2. The van der Waals surface area contributed by atoms with Crippen LogP contribution in [0.3, 0.4) is 0 Å². The highest BCUT2D eigenvalue weighted by Crippen LogP contribution is 2.29. The first-order valence-corrected chi connectivity index (χ1v) is 6.80. The average molecular weight is 359 g/mol. The van der Waals surface area contributed by atoms with Gasteiger partial charge >= 0.3 is 6.18 Å². The van der Waals surface area contributed by atoms with Gasteiger partial charge in [-0.05, 0) is 30.3 Å². The highest BCUT2D eigenvalue weighted by atomic mass is 35.5. The molecule has 1 amide bonds. The number of aromatic hydroxyl groups is 2. The molecule has 0 spiro atoms. The molecular formula is C15H10ClF3N2O3. The Kier molecular flexibility index (Phi) is 4.99. The Morgan fingerprint density at radius 3 is 2.29 bits per heavy atom. The standard InChI is InChI=1S/C15H10ClF3N2O3/c16-8-5-6-12(23)10(7-8)13(15(17,18)19)20-21-14(24)9-3-1-2-4-11(9)22/h1-7,22-23H,(H,21,24)/b20-13-. The van der Waals surface area contributed by atoms with Crippen LogP contribution in [-0.4, -0.2) is 28.0 Å². The first kappa shape index (κ1) is 17.6. The fraction of sp³-hybridized carbons (Fsp3) is 0.0667. The molecule has 0 fully saturated rings. The van der Waals surface area contributed by atoms with Gasteiger partial charge in [0.2, 0.25) is 0 Å². The number of nitrogens with one attached hydrogen (secondary N) is 1. The lowest BCUT2D eigenvalue weighted by Gasteiger charge is -2.12. The lowest BCUT2D eigenvalue weighted by Crippen LogP contribution is -2.29. The summed E-state index contributed by atoms with van der Waals surface area (Å²) >= 11 is 5.64. The van der Waals surface area contributed by atoms with Gasteiger partial charge in [0.05, 0.1) is 11.1 Å². The Balaban J connectivity index is 2.39. The van der Waals surface area contributed by atoms with Gasteiger partial charge in [-0.3, -0.25) is 4.79 Å². The smallest absolute Gasteiger partial charge is 0.435 e. The van der Waals surface area contributed by atoms with Crippen molar-refractivity contribution in [3.63, 3.8) is 0 Å². The van der Waals surface area contributed by atoms with Crippen molar-refractivity contribution in [3.05, 3.63) is 58.6 Å². The van der Waals surface area contributed by atoms with Crippen LogP contribution in [0.25, 0.3) is 0 Å². The van der Waals surface area contributed by atoms with Crippen LogP contribution in [0, 0.1) is 0 Å². The van der Waals surface area contributed by atoms with Crippen LogP contribution >= 0.6 is 11.6 Å². The fourth-order valence-electron chi connectivity index (χ4n) is 1.81. The van der Waals surface area contributed by atoms with Crippen molar-refractivity contribution in [2.75, 3.05) is 0 Å². The van der Waals surface area contributed by atoms with Crippen LogP contribution in [0.2, 0.25) is 5.02 Å². The third-order valence-electron chi connectivity index (χ3n) is 2.90. The van der Waals surface area contributed by atoms with E-state index in [0.717, 1.165) is 12.1 Å². The van der Waals surface area contributed by atoms with E-state index in [9.17, 15) is 28.2 Å². The van der Waals surface area contributed by atoms with Gasteiger partial charge < -0.3 is 10.2 Å². The summed E-state index contributed by atoms with van der Waals surface area (Å²) in [7, 11) is 0. The van der Waals surface area contributed by atoms with Crippen molar-refractivity contribution in [2.45, 2.75) is 6.18 Å². The molecule has 5 nitrogen and oxygen atoms in total. The van der Waals surface area contributed by atoms with Crippen molar-refractivity contribution in [1.82, 2.24) is 5.43 Å². The molecule has 0 aromatic heterocycles.